The van der Waals surface area contributed by atoms with E-state index in [2.05, 4.69) is 5.32 Å². The Kier molecular flexibility index (Phi) is 3.67. The molecule has 0 amide bonds. The Morgan fingerprint density at radius 3 is 2.56 bits per heavy atom. The molecule has 94 valence electrons. The SMILES string of the molecule is Oc1ccc(NCc2c(F)cccc2Cl)cc1F. The minimum Gasteiger partial charge on any atom is -0.505 e. The highest BCUT2D eigenvalue weighted by Gasteiger charge is 2.07. The molecule has 0 aliphatic heterocycles. The monoisotopic (exact) mass is 269 g/mol. The van der Waals surface area contributed by atoms with Gasteiger partial charge in [0, 0.05) is 28.9 Å². The first-order valence-electron chi connectivity index (χ1n) is 5.23. The highest BCUT2D eigenvalue weighted by atomic mass is 35.5. The van der Waals surface area contributed by atoms with E-state index in [1.807, 2.05) is 0 Å². The van der Waals surface area contributed by atoms with Crippen molar-refractivity contribution in [3.63, 3.8) is 0 Å². The maximum absolute atomic E-state index is 13.5. The van der Waals surface area contributed by atoms with Crippen molar-refractivity contribution in [1.29, 1.82) is 0 Å². The van der Waals surface area contributed by atoms with Gasteiger partial charge in [-0.3, -0.25) is 0 Å². The number of halogens is 3. The van der Waals surface area contributed by atoms with Gasteiger partial charge in [0.2, 0.25) is 0 Å². The number of aromatic hydroxyl groups is 1. The molecule has 0 atom stereocenters. The fourth-order valence-corrected chi connectivity index (χ4v) is 1.74. The molecule has 2 nitrogen and oxygen atoms in total. The minimum absolute atomic E-state index is 0.135. The van der Waals surface area contributed by atoms with Gasteiger partial charge >= 0.3 is 0 Å². The molecule has 2 aromatic rings. The van der Waals surface area contributed by atoms with Gasteiger partial charge in [-0.15, -0.1) is 0 Å². The molecule has 0 radical (unpaired) electrons. The molecule has 0 unspecified atom stereocenters. The molecule has 18 heavy (non-hydrogen) atoms. The molecule has 2 N–H and O–H groups in total. The average Bonchev–Trinajstić information content (AvgIpc) is 2.33. The summed E-state index contributed by atoms with van der Waals surface area (Å²) < 4.78 is 26.5. The van der Waals surface area contributed by atoms with E-state index >= 15 is 0 Å². The van der Waals surface area contributed by atoms with Crippen LogP contribution in [0.25, 0.3) is 0 Å². The van der Waals surface area contributed by atoms with Gasteiger partial charge in [0.05, 0.1) is 0 Å². The number of phenolic OH excluding ortho intramolecular Hbond substituents is 1. The van der Waals surface area contributed by atoms with Gasteiger partial charge in [-0.25, -0.2) is 8.78 Å². The molecule has 0 aliphatic carbocycles. The van der Waals surface area contributed by atoms with E-state index in [0.29, 0.717) is 16.3 Å². The second-order valence-electron chi connectivity index (χ2n) is 3.72. The summed E-state index contributed by atoms with van der Waals surface area (Å²) in [4.78, 5) is 0. The second-order valence-corrected chi connectivity index (χ2v) is 4.13. The van der Waals surface area contributed by atoms with Crippen molar-refractivity contribution in [3.05, 3.63) is 58.6 Å². The first kappa shape index (κ1) is 12.6. The number of hydrogen-bond donors (Lipinski definition) is 2. The summed E-state index contributed by atoms with van der Waals surface area (Å²) in [6.45, 7) is 0.135. The lowest BCUT2D eigenvalue weighted by molar-refractivity contribution is 0.432. The van der Waals surface area contributed by atoms with Crippen LogP contribution in [-0.4, -0.2) is 5.11 Å². The lowest BCUT2D eigenvalue weighted by Crippen LogP contribution is -2.02. The standard InChI is InChI=1S/C13H10ClF2NO/c14-10-2-1-3-11(15)9(10)7-17-8-4-5-13(18)12(16)6-8/h1-6,17-18H,7H2. The van der Waals surface area contributed by atoms with Gasteiger partial charge in [0.15, 0.2) is 11.6 Å². The van der Waals surface area contributed by atoms with Gasteiger partial charge in [-0.2, -0.15) is 0 Å². The zero-order chi connectivity index (χ0) is 13.1. The summed E-state index contributed by atoms with van der Waals surface area (Å²) in [5.41, 5.74) is 0.747. The summed E-state index contributed by atoms with van der Waals surface area (Å²) in [6.07, 6.45) is 0. The Balaban J connectivity index is 2.14. The van der Waals surface area contributed by atoms with Crippen molar-refractivity contribution in [2.45, 2.75) is 6.54 Å². The number of nitrogens with one attached hydrogen (secondary N) is 1. The molecule has 0 saturated heterocycles. The quantitative estimate of drug-likeness (QED) is 0.828. The third kappa shape index (κ3) is 2.71. The molecular formula is C13H10ClF2NO. The van der Waals surface area contributed by atoms with Gasteiger partial charge in [-0.05, 0) is 24.3 Å². The number of hydrogen-bond acceptors (Lipinski definition) is 2. The zero-order valence-electron chi connectivity index (χ0n) is 9.25. The van der Waals surface area contributed by atoms with Crippen LogP contribution in [0.3, 0.4) is 0 Å². The molecule has 0 saturated carbocycles. The third-order valence-corrected chi connectivity index (χ3v) is 2.83. The van der Waals surface area contributed by atoms with Crippen LogP contribution in [0.2, 0.25) is 5.02 Å². The van der Waals surface area contributed by atoms with Crippen molar-refractivity contribution in [1.82, 2.24) is 0 Å². The predicted octanol–water partition coefficient (Wildman–Crippen LogP) is 3.94. The summed E-state index contributed by atoms with van der Waals surface area (Å²) in [6, 6.07) is 8.25. The number of benzene rings is 2. The Hall–Kier alpha value is -1.81. The first-order chi connectivity index (χ1) is 8.58. The highest BCUT2D eigenvalue weighted by molar-refractivity contribution is 6.31. The number of phenols is 1. The Morgan fingerprint density at radius 1 is 1.11 bits per heavy atom. The Bertz CT molecular complexity index is 555. The first-order valence-corrected chi connectivity index (χ1v) is 5.61. The van der Waals surface area contributed by atoms with Gasteiger partial charge in [0.25, 0.3) is 0 Å². The average molecular weight is 270 g/mol. The van der Waals surface area contributed by atoms with Crippen LogP contribution in [0.4, 0.5) is 14.5 Å². The lowest BCUT2D eigenvalue weighted by atomic mass is 10.2. The van der Waals surface area contributed by atoms with Crippen molar-refractivity contribution < 1.29 is 13.9 Å². The van der Waals surface area contributed by atoms with E-state index in [0.717, 1.165) is 6.07 Å². The largest absolute Gasteiger partial charge is 0.505 e. The molecule has 0 spiro atoms. The topological polar surface area (TPSA) is 32.3 Å². The van der Waals surface area contributed by atoms with Crippen molar-refractivity contribution in [3.8, 4) is 5.75 Å². The minimum atomic E-state index is -0.736. The number of rotatable bonds is 3. The fourth-order valence-electron chi connectivity index (χ4n) is 1.51. The Labute approximate surface area is 108 Å². The van der Waals surface area contributed by atoms with Crippen LogP contribution in [0, 0.1) is 11.6 Å². The van der Waals surface area contributed by atoms with Gasteiger partial charge < -0.3 is 10.4 Å². The van der Waals surface area contributed by atoms with Crippen LogP contribution < -0.4 is 5.32 Å². The van der Waals surface area contributed by atoms with Crippen LogP contribution >= 0.6 is 11.6 Å². The van der Waals surface area contributed by atoms with E-state index in [-0.39, 0.29) is 6.54 Å². The molecule has 2 aromatic carbocycles. The van der Waals surface area contributed by atoms with E-state index in [4.69, 9.17) is 16.7 Å². The van der Waals surface area contributed by atoms with Crippen LogP contribution in [0.1, 0.15) is 5.56 Å². The van der Waals surface area contributed by atoms with Crippen molar-refractivity contribution >= 4 is 17.3 Å². The molecular weight excluding hydrogens is 260 g/mol. The zero-order valence-corrected chi connectivity index (χ0v) is 10.0. The molecule has 0 fully saturated rings. The smallest absolute Gasteiger partial charge is 0.166 e. The summed E-state index contributed by atoms with van der Waals surface area (Å²) in [5, 5.41) is 12.2. The highest BCUT2D eigenvalue weighted by Crippen LogP contribution is 2.22. The molecule has 0 aromatic heterocycles. The molecule has 0 heterocycles. The predicted molar refractivity (Wildman–Crippen MR) is 66.8 cm³/mol. The van der Waals surface area contributed by atoms with E-state index in [1.54, 1.807) is 6.07 Å². The second kappa shape index (κ2) is 5.23. The maximum atomic E-state index is 13.5. The van der Waals surface area contributed by atoms with Crippen molar-refractivity contribution in [2.75, 3.05) is 5.32 Å². The van der Waals surface area contributed by atoms with E-state index < -0.39 is 17.4 Å². The maximum Gasteiger partial charge on any atom is 0.166 e. The van der Waals surface area contributed by atoms with Gasteiger partial charge in [-0.1, -0.05) is 17.7 Å². The molecule has 0 bridgehead atoms. The van der Waals surface area contributed by atoms with E-state index in [9.17, 15) is 8.78 Å². The van der Waals surface area contributed by atoms with Crippen molar-refractivity contribution in [2.24, 2.45) is 0 Å². The summed E-state index contributed by atoms with van der Waals surface area (Å²) in [5.74, 6) is -1.58. The van der Waals surface area contributed by atoms with Crippen LogP contribution in [0.15, 0.2) is 36.4 Å². The van der Waals surface area contributed by atoms with Crippen LogP contribution in [0.5, 0.6) is 5.75 Å². The van der Waals surface area contributed by atoms with E-state index in [1.165, 1.54) is 24.3 Å². The third-order valence-electron chi connectivity index (χ3n) is 2.48. The summed E-state index contributed by atoms with van der Waals surface area (Å²) in [7, 11) is 0. The number of anilines is 1. The molecule has 2 rings (SSSR count). The molecule has 5 heteroatoms. The normalized spacial score (nSPS) is 10.4. The van der Waals surface area contributed by atoms with Gasteiger partial charge in [0.1, 0.15) is 5.82 Å². The Morgan fingerprint density at radius 2 is 1.89 bits per heavy atom. The molecule has 0 aliphatic rings. The lowest BCUT2D eigenvalue weighted by Gasteiger charge is -2.09. The van der Waals surface area contributed by atoms with Crippen LogP contribution in [-0.2, 0) is 6.54 Å². The summed E-state index contributed by atoms with van der Waals surface area (Å²) >= 11 is 5.86. The fraction of sp³-hybridized carbons (Fsp3) is 0.0769.